The van der Waals surface area contributed by atoms with Crippen LogP contribution in [0.2, 0.25) is 0 Å². The Balaban J connectivity index is 2.09. The standard InChI is InChI=1S/C16H15N3O/c1-12-2-4-13(5-3-12)19(16-17-10-11-18-16)14-6-8-15(20)9-7-14/h2-11,20H,1H3,(H,17,18). The van der Waals surface area contributed by atoms with Gasteiger partial charge in [-0.25, -0.2) is 4.98 Å². The van der Waals surface area contributed by atoms with E-state index in [-0.39, 0.29) is 5.75 Å². The Morgan fingerprint density at radius 1 is 0.950 bits per heavy atom. The number of anilines is 3. The third kappa shape index (κ3) is 2.36. The number of nitrogens with zero attached hydrogens (tertiary/aromatic N) is 2. The Bertz CT molecular complexity index is 627. The van der Waals surface area contributed by atoms with Crippen molar-refractivity contribution in [3.63, 3.8) is 0 Å². The highest BCUT2D eigenvalue weighted by Crippen LogP contribution is 2.32. The fourth-order valence-electron chi connectivity index (χ4n) is 2.07. The summed E-state index contributed by atoms with van der Waals surface area (Å²) >= 11 is 0. The summed E-state index contributed by atoms with van der Waals surface area (Å²) in [6, 6.07) is 15.3. The van der Waals surface area contributed by atoms with Crippen LogP contribution in [0.5, 0.6) is 5.75 Å². The van der Waals surface area contributed by atoms with E-state index in [1.54, 1.807) is 24.5 Å². The molecule has 2 aromatic carbocycles. The predicted molar refractivity (Wildman–Crippen MR) is 79.7 cm³/mol. The normalized spacial score (nSPS) is 10.4. The van der Waals surface area contributed by atoms with Gasteiger partial charge in [-0.05, 0) is 43.3 Å². The van der Waals surface area contributed by atoms with Crippen molar-refractivity contribution >= 4 is 17.3 Å². The molecule has 1 heterocycles. The molecule has 100 valence electrons. The molecular weight excluding hydrogens is 250 g/mol. The maximum Gasteiger partial charge on any atom is 0.212 e. The quantitative estimate of drug-likeness (QED) is 0.755. The first kappa shape index (κ1) is 12.3. The van der Waals surface area contributed by atoms with E-state index in [2.05, 4.69) is 29.0 Å². The Morgan fingerprint density at radius 3 is 2.10 bits per heavy atom. The molecule has 20 heavy (non-hydrogen) atoms. The van der Waals surface area contributed by atoms with Crippen molar-refractivity contribution in [1.82, 2.24) is 9.97 Å². The van der Waals surface area contributed by atoms with Crippen molar-refractivity contribution in [2.24, 2.45) is 0 Å². The molecule has 4 nitrogen and oxygen atoms in total. The number of aromatic nitrogens is 2. The first-order valence-corrected chi connectivity index (χ1v) is 6.39. The van der Waals surface area contributed by atoms with E-state index in [4.69, 9.17) is 0 Å². The number of benzene rings is 2. The summed E-state index contributed by atoms with van der Waals surface area (Å²) in [6.07, 6.45) is 3.51. The van der Waals surface area contributed by atoms with Gasteiger partial charge in [0, 0.05) is 23.8 Å². The van der Waals surface area contributed by atoms with Gasteiger partial charge >= 0.3 is 0 Å². The van der Waals surface area contributed by atoms with Crippen molar-refractivity contribution in [1.29, 1.82) is 0 Å². The molecule has 0 saturated carbocycles. The summed E-state index contributed by atoms with van der Waals surface area (Å²) in [4.78, 5) is 9.44. The molecule has 0 saturated heterocycles. The van der Waals surface area contributed by atoms with Crippen LogP contribution in [-0.4, -0.2) is 15.1 Å². The molecule has 0 aliphatic carbocycles. The van der Waals surface area contributed by atoms with Gasteiger partial charge in [-0.1, -0.05) is 17.7 Å². The largest absolute Gasteiger partial charge is 0.508 e. The van der Waals surface area contributed by atoms with Crippen molar-refractivity contribution < 1.29 is 5.11 Å². The molecule has 0 aliphatic heterocycles. The van der Waals surface area contributed by atoms with Crippen molar-refractivity contribution in [3.05, 3.63) is 66.5 Å². The highest BCUT2D eigenvalue weighted by molar-refractivity contribution is 5.72. The molecule has 3 aromatic rings. The van der Waals surface area contributed by atoms with Crippen molar-refractivity contribution in [2.75, 3.05) is 4.90 Å². The zero-order valence-corrected chi connectivity index (χ0v) is 11.1. The molecule has 0 fully saturated rings. The summed E-state index contributed by atoms with van der Waals surface area (Å²) in [5.74, 6) is 0.983. The van der Waals surface area contributed by atoms with Crippen LogP contribution in [0.25, 0.3) is 0 Å². The Morgan fingerprint density at radius 2 is 1.55 bits per heavy atom. The number of phenolic OH excluding ortho intramolecular Hbond substituents is 1. The molecule has 0 bridgehead atoms. The first-order chi connectivity index (χ1) is 9.74. The lowest BCUT2D eigenvalue weighted by atomic mass is 10.2. The van der Waals surface area contributed by atoms with E-state index in [1.165, 1.54) is 5.56 Å². The molecule has 1 aromatic heterocycles. The van der Waals surface area contributed by atoms with Gasteiger partial charge in [-0.2, -0.15) is 0 Å². The van der Waals surface area contributed by atoms with E-state index < -0.39 is 0 Å². The van der Waals surface area contributed by atoms with Gasteiger partial charge in [0.05, 0.1) is 0 Å². The van der Waals surface area contributed by atoms with E-state index in [0.29, 0.717) is 0 Å². The van der Waals surface area contributed by atoms with E-state index in [1.807, 2.05) is 29.2 Å². The average molecular weight is 265 g/mol. The SMILES string of the molecule is Cc1ccc(N(c2ccc(O)cc2)c2ncc[nH]2)cc1. The van der Waals surface area contributed by atoms with Crippen LogP contribution in [0.15, 0.2) is 60.9 Å². The summed E-state index contributed by atoms with van der Waals surface area (Å²) < 4.78 is 0. The maximum atomic E-state index is 9.43. The third-order valence-electron chi connectivity index (χ3n) is 3.10. The molecule has 2 N–H and O–H groups in total. The Labute approximate surface area is 117 Å². The number of nitrogens with one attached hydrogen (secondary N) is 1. The molecule has 0 radical (unpaired) electrons. The second-order valence-corrected chi connectivity index (χ2v) is 4.60. The van der Waals surface area contributed by atoms with Crippen LogP contribution in [0.3, 0.4) is 0 Å². The number of rotatable bonds is 3. The number of H-pyrrole nitrogens is 1. The third-order valence-corrected chi connectivity index (χ3v) is 3.10. The van der Waals surface area contributed by atoms with Crippen LogP contribution in [-0.2, 0) is 0 Å². The minimum Gasteiger partial charge on any atom is -0.508 e. The lowest BCUT2D eigenvalue weighted by Crippen LogP contribution is -2.11. The second kappa shape index (κ2) is 5.09. The van der Waals surface area contributed by atoms with E-state index >= 15 is 0 Å². The number of aromatic amines is 1. The molecule has 0 unspecified atom stereocenters. The van der Waals surface area contributed by atoms with Gasteiger partial charge in [0.1, 0.15) is 5.75 Å². The van der Waals surface area contributed by atoms with Crippen LogP contribution in [0.1, 0.15) is 5.56 Å². The molecule has 0 atom stereocenters. The van der Waals surface area contributed by atoms with Crippen LogP contribution in [0.4, 0.5) is 17.3 Å². The van der Waals surface area contributed by atoms with Crippen molar-refractivity contribution in [2.45, 2.75) is 6.92 Å². The smallest absolute Gasteiger partial charge is 0.212 e. The zero-order chi connectivity index (χ0) is 13.9. The van der Waals surface area contributed by atoms with Gasteiger partial charge in [0.15, 0.2) is 0 Å². The maximum absolute atomic E-state index is 9.43. The Hall–Kier alpha value is -2.75. The molecule has 3 rings (SSSR count). The van der Waals surface area contributed by atoms with Gasteiger partial charge in [0.25, 0.3) is 0 Å². The van der Waals surface area contributed by atoms with Crippen LogP contribution < -0.4 is 4.90 Å². The van der Waals surface area contributed by atoms with E-state index in [0.717, 1.165) is 17.3 Å². The van der Waals surface area contributed by atoms with Crippen LogP contribution >= 0.6 is 0 Å². The minimum atomic E-state index is 0.247. The van der Waals surface area contributed by atoms with Gasteiger partial charge < -0.3 is 10.1 Å². The Kier molecular flexibility index (Phi) is 3.13. The molecular formula is C16H15N3O. The molecule has 4 heteroatoms. The van der Waals surface area contributed by atoms with Crippen molar-refractivity contribution in [3.8, 4) is 5.75 Å². The summed E-state index contributed by atoms with van der Waals surface area (Å²) in [5, 5.41) is 9.43. The molecule has 0 amide bonds. The highest BCUT2D eigenvalue weighted by Gasteiger charge is 2.13. The number of phenols is 1. The molecule has 0 spiro atoms. The minimum absolute atomic E-state index is 0.247. The van der Waals surface area contributed by atoms with Gasteiger partial charge in [-0.3, -0.25) is 4.90 Å². The predicted octanol–water partition coefficient (Wildman–Crippen LogP) is 3.89. The second-order valence-electron chi connectivity index (χ2n) is 4.60. The fraction of sp³-hybridized carbons (Fsp3) is 0.0625. The van der Waals surface area contributed by atoms with Gasteiger partial charge in [-0.15, -0.1) is 0 Å². The summed E-state index contributed by atoms with van der Waals surface area (Å²) in [5.41, 5.74) is 3.15. The number of imidazole rings is 1. The summed E-state index contributed by atoms with van der Waals surface area (Å²) in [6.45, 7) is 2.06. The lowest BCUT2D eigenvalue weighted by molar-refractivity contribution is 0.475. The number of aromatic hydroxyl groups is 1. The van der Waals surface area contributed by atoms with Gasteiger partial charge in [0.2, 0.25) is 5.95 Å². The first-order valence-electron chi connectivity index (χ1n) is 6.39. The number of aryl methyl sites for hydroxylation is 1. The summed E-state index contributed by atoms with van der Waals surface area (Å²) in [7, 11) is 0. The number of hydrogen-bond donors (Lipinski definition) is 2. The zero-order valence-electron chi connectivity index (χ0n) is 11.1. The lowest BCUT2D eigenvalue weighted by Gasteiger charge is -2.22. The number of hydrogen-bond acceptors (Lipinski definition) is 3. The highest BCUT2D eigenvalue weighted by atomic mass is 16.3. The average Bonchev–Trinajstić information content (AvgIpc) is 2.97. The van der Waals surface area contributed by atoms with E-state index in [9.17, 15) is 5.11 Å². The van der Waals surface area contributed by atoms with Crippen LogP contribution in [0, 0.1) is 6.92 Å². The molecule has 0 aliphatic rings. The monoisotopic (exact) mass is 265 g/mol. The fourth-order valence-corrected chi connectivity index (χ4v) is 2.07. The topological polar surface area (TPSA) is 52.1 Å².